The molecular formula is C15H22N2O3. The van der Waals surface area contributed by atoms with E-state index >= 15 is 0 Å². The van der Waals surface area contributed by atoms with Crippen molar-refractivity contribution in [3.63, 3.8) is 0 Å². The summed E-state index contributed by atoms with van der Waals surface area (Å²) in [4.78, 5) is 12.2. The summed E-state index contributed by atoms with van der Waals surface area (Å²) in [7, 11) is 0. The summed E-state index contributed by atoms with van der Waals surface area (Å²) in [6.07, 6.45) is 3.54. The van der Waals surface area contributed by atoms with Crippen LogP contribution in [0.1, 0.15) is 43.0 Å². The number of hydrogen-bond acceptors (Lipinski definition) is 4. The Kier molecular flexibility index (Phi) is 4.18. The number of amides is 1. The first-order chi connectivity index (χ1) is 9.46. The second-order valence-electron chi connectivity index (χ2n) is 5.85. The number of nitrogens with two attached hydrogens (primary N) is 1. The first-order valence-electron chi connectivity index (χ1n) is 6.98. The van der Waals surface area contributed by atoms with Gasteiger partial charge < -0.3 is 21.3 Å². The number of aromatic hydroxyl groups is 1. The van der Waals surface area contributed by atoms with E-state index in [1.54, 1.807) is 6.07 Å². The topological polar surface area (TPSA) is 95.6 Å². The van der Waals surface area contributed by atoms with Crippen LogP contribution in [0, 0.1) is 5.92 Å². The molecule has 1 aromatic carbocycles. The number of aliphatic hydroxyl groups excluding tert-OH is 1. The van der Waals surface area contributed by atoms with Crippen LogP contribution in [0.4, 0.5) is 5.69 Å². The Bertz CT molecular complexity index is 494. The van der Waals surface area contributed by atoms with Crippen molar-refractivity contribution < 1.29 is 15.0 Å². The second kappa shape index (κ2) is 5.71. The summed E-state index contributed by atoms with van der Waals surface area (Å²) < 4.78 is 0. The molecule has 0 spiro atoms. The number of rotatable bonds is 3. The SMILES string of the molecule is CC1CCC(CO)(NC(=O)c2ccc(N)c(O)c2)CC1. The fourth-order valence-corrected chi connectivity index (χ4v) is 2.64. The van der Waals surface area contributed by atoms with E-state index in [1.165, 1.54) is 12.1 Å². The van der Waals surface area contributed by atoms with Gasteiger partial charge >= 0.3 is 0 Å². The zero-order valence-corrected chi connectivity index (χ0v) is 11.7. The predicted molar refractivity (Wildman–Crippen MR) is 77.4 cm³/mol. The molecular weight excluding hydrogens is 256 g/mol. The number of phenolic OH excluding ortho intramolecular Hbond substituents is 1. The summed E-state index contributed by atoms with van der Waals surface area (Å²) >= 11 is 0. The van der Waals surface area contributed by atoms with Crippen LogP contribution < -0.4 is 11.1 Å². The molecule has 1 amide bonds. The van der Waals surface area contributed by atoms with Crippen molar-refractivity contribution in [2.75, 3.05) is 12.3 Å². The molecule has 2 rings (SSSR count). The Morgan fingerprint density at radius 2 is 2.10 bits per heavy atom. The molecule has 5 heteroatoms. The van der Waals surface area contributed by atoms with Gasteiger partial charge in [-0.15, -0.1) is 0 Å². The van der Waals surface area contributed by atoms with Crippen LogP contribution in [-0.4, -0.2) is 28.3 Å². The van der Waals surface area contributed by atoms with Crippen molar-refractivity contribution >= 4 is 11.6 Å². The quantitative estimate of drug-likeness (QED) is 0.499. The monoisotopic (exact) mass is 278 g/mol. The highest BCUT2D eigenvalue weighted by Gasteiger charge is 2.35. The normalized spacial score (nSPS) is 26.2. The van der Waals surface area contributed by atoms with Crippen LogP contribution in [0.25, 0.3) is 0 Å². The number of nitrogen functional groups attached to an aromatic ring is 1. The number of aliphatic hydroxyl groups is 1. The Morgan fingerprint density at radius 1 is 1.45 bits per heavy atom. The molecule has 0 heterocycles. The minimum atomic E-state index is -0.541. The third kappa shape index (κ3) is 3.04. The summed E-state index contributed by atoms with van der Waals surface area (Å²) in [6, 6.07) is 4.42. The van der Waals surface area contributed by atoms with Gasteiger partial charge in [0.05, 0.1) is 17.8 Å². The minimum absolute atomic E-state index is 0.0631. The standard InChI is InChI=1S/C15H22N2O3/c1-10-4-6-15(9-18,7-5-10)17-14(20)11-2-3-12(16)13(19)8-11/h2-3,8,10,18-19H,4-7,9,16H2,1H3,(H,17,20). The number of anilines is 1. The molecule has 0 aliphatic heterocycles. The summed E-state index contributed by atoms with van der Waals surface area (Å²) in [5.41, 5.74) is 5.57. The highest BCUT2D eigenvalue weighted by molar-refractivity contribution is 5.95. The zero-order valence-electron chi connectivity index (χ0n) is 11.7. The van der Waals surface area contributed by atoms with Crippen LogP contribution in [0.15, 0.2) is 18.2 Å². The highest BCUT2D eigenvalue weighted by Crippen LogP contribution is 2.32. The van der Waals surface area contributed by atoms with Crippen molar-refractivity contribution in [1.82, 2.24) is 5.32 Å². The number of hydrogen-bond donors (Lipinski definition) is 4. The lowest BCUT2D eigenvalue weighted by Crippen LogP contribution is -2.53. The molecule has 1 fully saturated rings. The molecule has 1 aromatic rings. The van der Waals surface area contributed by atoms with Gasteiger partial charge in [-0.2, -0.15) is 0 Å². The molecule has 1 aliphatic rings. The fourth-order valence-electron chi connectivity index (χ4n) is 2.64. The average Bonchev–Trinajstić information content (AvgIpc) is 2.44. The van der Waals surface area contributed by atoms with Gasteiger partial charge in [0.2, 0.25) is 0 Å². The van der Waals surface area contributed by atoms with E-state index in [4.69, 9.17) is 5.73 Å². The smallest absolute Gasteiger partial charge is 0.251 e. The molecule has 0 unspecified atom stereocenters. The Morgan fingerprint density at radius 3 is 2.65 bits per heavy atom. The number of benzene rings is 1. The van der Waals surface area contributed by atoms with Gasteiger partial charge in [-0.1, -0.05) is 6.92 Å². The second-order valence-corrected chi connectivity index (χ2v) is 5.85. The molecule has 0 saturated heterocycles. The maximum atomic E-state index is 12.2. The molecule has 1 saturated carbocycles. The number of nitrogens with one attached hydrogen (secondary N) is 1. The van der Waals surface area contributed by atoms with Crippen LogP contribution in [0.3, 0.4) is 0 Å². The third-order valence-electron chi connectivity index (χ3n) is 4.21. The van der Waals surface area contributed by atoms with Crippen molar-refractivity contribution in [2.24, 2.45) is 5.92 Å². The first kappa shape index (κ1) is 14.7. The molecule has 20 heavy (non-hydrogen) atoms. The van der Waals surface area contributed by atoms with Gasteiger partial charge in [-0.3, -0.25) is 4.79 Å². The van der Waals surface area contributed by atoms with Crippen LogP contribution in [-0.2, 0) is 0 Å². The van der Waals surface area contributed by atoms with Gasteiger partial charge in [0.1, 0.15) is 5.75 Å². The molecule has 110 valence electrons. The number of carbonyl (C=O) groups excluding carboxylic acids is 1. The maximum Gasteiger partial charge on any atom is 0.251 e. The Hall–Kier alpha value is -1.75. The fraction of sp³-hybridized carbons (Fsp3) is 0.533. The van der Waals surface area contributed by atoms with Crippen molar-refractivity contribution in [2.45, 2.75) is 38.1 Å². The van der Waals surface area contributed by atoms with E-state index < -0.39 is 5.54 Å². The Labute approximate surface area is 118 Å². The van der Waals surface area contributed by atoms with E-state index in [0.29, 0.717) is 11.5 Å². The van der Waals surface area contributed by atoms with E-state index in [1.807, 2.05) is 0 Å². The lowest BCUT2D eigenvalue weighted by atomic mass is 9.77. The van der Waals surface area contributed by atoms with Crippen molar-refractivity contribution in [1.29, 1.82) is 0 Å². The molecule has 0 aromatic heterocycles. The molecule has 5 nitrogen and oxygen atoms in total. The maximum absolute atomic E-state index is 12.2. The van der Waals surface area contributed by atoms with Crippen LogP contribution >= 0.6 is 0 Å². The largest absolute Gasteiger partial charge is 0.506 e. The van der Waals surface area contributed by atoms with Crippen molar-refractivity contribution in [3.05, 3.63) is 23.8 Å². The van der Waals surface area contributed by atoms with E-state index in [2.05, 4.69) is 12.2 Å². The third-order valence-corrected chi connectivity index (χ3v) is 4.21. The molecule has 0 bridgehead atoms. The van der Waals surface area contributed by atoms with Gasteiger partial charge in [0.25, 0.3) is 5.91 Å². The predicted octanol–water partition coefficient (Wildman–Crippen LogP) is 1.65. The average molecular weight is 278 g/mol. The van der Waals surface area contributed by atoms with Crippen molar-refractivity contribution in [3.8, 4) is 5.75 Å². The number of phenols is 1. The summed E-state index contributed by atoms with van der Waals surface area (Å²) in [6.45, 7) is 2.12. The lowest BCUT2D eigenvalue weighted by Gasteiger charge is -2.38. The van der Waals surface area contributed by atoms with E-state index in [9.17, 15) is 15.0 Å². The molecule has 0 radical (unpaired) electrons. The van der Waals surface area contributed by atoms with E-state index in [-0.39, 0.29) is 24.0 Å². The summed E-state index contributed by atoms with van der Waals surface area (Å²) in [5, 5.41) is 22.1. The zero-order chi connectivity index (χ0) is 14.8. The highest BCUT2D eigenvalue weighted by atomic mass is 16.3. The van der Waals surface area contributed by atoms with Gasteiger partial charge in [-0.25, -0.2) is 0 Å². The van der Waals surface area contributed by atoms with E-state index in [0.717, 1.165) is 25.7 Å². The first-order valence-corrected chi connectivity index (χ1v) is 6.98. The number of carbonyl (C=O) groups is 1. The van der Waals surface area contributed by atoms with Gasteiger partial charge in [0, 0.05) is 5.56 Å². The van der Waals surface area contributed by atoms with Gasteiger partial charge in [-0.05, 0) is 49.8 Å². The minimum Gasteiger partial charge on any atom is -0.506 e. The lowest BCUT2D eigenvalue weighted by molar-refractivity contribution is 0.0717. The molecule has 5 N–H and O–H groups in total. The molecule has 1 aliphatic carbocycles. The van der Waals surface area contributed by atoms with Gasteiger partial charge in [0.15, 0.2) is 0 Å². The Balaban J connectivity index is 2.11. The van der Waals surface area contributed by atoms with Crippen LogP contribution in [0.5, 0.6) is 5.75 Å². The summed E-state index contributed by atoms with van der Waals surface area (Å²) in [5.74, 6) is 0.240. The van der Waals surface area contributed by atoms with Crippen LogP contribution in [0.2, 0.25) is 0 Å². The molecule has 0 atom stereocenters.